The number of hydrogen-bond donors (Lipinski definition) is 0. The van der Waals surface area contributed by atoms with E-state index in [2.05, 4.69) is 10.3 Å². The second-order valence-corrected chi connectivity index (χ2v) is 6.56. The predicted octanol–water partition coefficient (Wildman–Crippen LogP) is 0.762. The van der Waals surface area contributed by atoms with Crippen LogP contribution in [0.15, 0.2) is 30.5 Å². The van der Waals surface area contributed by atoms with Gasteiger partial charge in [0.25, 0.3) is 5.91 Å². The summed E-state index contributed by atoms with van der Waals surface area (Å²) in [5, 5.41) is 7.94. The van der Waals surface area contributed by atoms with Crippen LogP contribution in [-0.2, 0) is 16.0 Å². The van der Waals surface area contributed by atoms with Gasteiger partial charge in [-0.2, -0.15) is 0 Å². The number of benzene rings is 1. The van der Waals surface area contributed by atoms with Crippen LogP contribution in [0.3, 0.4) is 0 Å². The van der Waals surface area contributed by atoms with E-state index in [1.54, 1.807) is 42.1 Å². The summed E-state index contributed by atoms with van der Waals surface area (Å²) in [5.41, 5.74) is 0.911. The van der Waals surface area contributed by atoms with Gasteiger partial charge in [0.05, 0.1) is 25.3 Å². The van der Waals surface area contributed by atoms with E-state index in [-0.39, 0.29) is 35.8 Å². The minimum Gasteiger partial charge on any atom is -0.383 e. The van der Waals surface area contributed by atoms with E-state index < -0.39 is 0 Å². The van der Waals surface area contributed by atoms with Crippen LogP contribution in [0.5, 0.6) is 0 Å². The SMILES string of the molecule is COCCN(C)C(=O)c1cn(C2CN(C(=O)Cc3cccc(F)c3)C2)nn1. The van der Waals surface area contributed by atoms with Crippen LogP contribution >= 0.6 is 0 Å². The van der Waals surface area contributed by atoms with Crippen molar-refractivity contribution in [3.05, 3.63) is 47.5 Å². The van der Waals surface area contributed by atoms with Crippen molar-refractivity contribution in [2.24, 2.45) is 0 Å². The van der Waals surface area contributed by atoms with Crippen LogP contribution in [0.4, 0.5) is 4.39 Å². The number of rotatable bonds is 7. The molecule has 1 fully saturated rings. The molecule has 0 spiro atoms. The number of likely N-dealkylation sites (N-methyl/N-ethyl adjacent to an activating group) is 1. The van der Waals surface area contributed by atoms with Crippen molar-refractivity contribution in [3.8, 4) is 0 Å². The maximum Gasteiger partial charge on any atom is 0.275 e. The number of hydrogen-bond acceptors (Lipinski definition) is 5. The van der Waals surface area contributed by atoms with Gasteiger partial charge in [-0.15, -0.1) is 5.10 Å². The highest BCUT2D eigenvalue weighted by Crippen LogP contribution is 2.21. The van der Waals surface area contributed by atoms with Crippen molar-refractivity contribution in [1.82, 2.24) is 24.8 Å². The molecule has 2 aromatic rings. The lowest BCUT2D eigenvalue weighted by atomic mass is 10.1. The zero-order valence-electron chi connectivity index (χ0n) is 15.3. The van der Waals surface area contributed by atoms with Gasteiger partial charge in [0.1, 0.15) is 5.82 Å². The molecule has 1 saturated heterocycles. The van der Waals surface area contributed by atoms with Crippen LogP contribution in [-0.4, -0.2) is 77.0 Å². The largest absolute Gasteiger partial charge is 0.383 e. The Kier molecular flexibility index (Phi) is 5.80. The summed E-state index contributed by atoms with van der Waals surface area (Å²) >= 11 is 0. The molecule has 2 amide bonds. The molecule has 1 aromatic carbocycles. The number of nitrogens with zero attached hydrogens (tertiary/aromatic N) is 5. The lowest BCUT2D eigenvalue weighted by Gasteiger charge is -2.39. The molecule has 0 unspecified atom stereocenters. The molecular formula is C18H22FN5O3. The van der Waals surface area contributed by atoms with Gasteiger partial charge in [0.15, 0.2) is 5.69 Å². The monoisotopic (exact) mass is 375 g/mol. The van der Waals surface area contributed by atoms with E-state index >= 15 is 0 Å². The molecule has 0 aliphatic carbocycles. The Morgan fingerprint density at radius 1 is 1.37 bits per heavy atom. The summed E-state index contributed by atoms with van der Waals surface area (Å²) in [4.78, 5) is 27.7. The number of carbonyl (C=O) groups is 2. The molecule has 27 heavy (non-hydrogen) atoms. The quantitative estimate of drug-likeness (QED) is 0.714. The molecule has 1 aliphatic heterocycles. The summed E-state index contributed by atoms with van der Waals surface area (Å²) < 4.78 is 19.8. The van der Waals surface area contributed by atoms with E-state index in [1.807, 2.05) is 0 Å². The smallest absolute Gasteiger partial charge is 0.275 e. The van der Waals surface area contributed by atoms with E-state index in [1.165, 1.54) is 17.0 Å². The van der Waals surface area contributed by atoms with E-state index in [9.17, 15) is 14.0 Å². The van der Waals surface area contributed by atoms with Gasteiger partial charge in [-0.05, 0) is 17.7 Å². The van der Waals surface area contributed by atoms with Gasteiger partial charge in [-0.3, -0.25) is 9.59 Å². The predicted molar refractivity (Wildman–Crippen MR) is 94.6 cm³/mol. The molecule has 0 radical (unpaired) electrons. The molecule has 2 heterocycles. The van der Waals surface area contributed by atoms with Crippen molar-refractivity contribution >= 4 is 11.8 Å². The minimum absolute atomic E-state index is 0.0141. The summed E-state index contributed by atoms with van der Waals surface area (Å²) in [6.45, 7) is 1.89. The minimum atomic E-state index is -0.350. The Balaban J connectivity index is 1.51. The fourth-order valence-electron chi connectivity index (χ4n) is 2.84. The highest BCUT2D eigenvalue weighted by molar-refractivity contribution is 5.91. The third-order valence-electron chi connectivity index (χ3n) is 4.54. The molecule has 0 bridgehead atoms. The molecule has 144 valence electrons. The zero-order chi connectivity index (χ0) is 19.4. The highest BCUT2D eigenvalue weighted by Gasteiger charge is 2.33. The van der Waals surface area contributed by atoms with E-state index in [0.717, 1.165) is 0 Å². The van der Waals surface area contributed by atoms with Gasteiger partial charge < -0.3 is 14.5 Å². The number of ether oxygens (including phenoxy) is 1. The number of carbonyl (C=O) groups excluding carboxylic acids is 2. The average Bonchev–Trinajstić information content (AvgIpc) is 3.07. The summed E-state index contributed by atoms with van der Waals surface area (Å²) in [5.74, 6) is -0.638. The van der Waals surface area contributed by atoms with Crippen molar-refractivity contribution in [3.63, 3.8) is 0 Å². The Labute approximate surface area is 156 Å². The van der Waals surface area contributed by atoms with Crippen molar-refractivity contribution in [2.75, 3.05) is 40.4 Å². The van der Waals surface area contributed by atoms with E-state index in [4.69, 9.17) is 4.74 Å². The maximum atomic E-state index is 13.2. The summed E-state index contributed by atoms with van der Waals surface area (Å²) in [7, 11) is 3.25. The fraction of sp³-hybridized carbons (Fsp3) is 0.444. The number of halogens is 1. The molecule has 1 aromatic heterocycles. The van der Waals surface area contributed by atoms with Gasteiger partial charge >= 0.3 is 0 Å². The van der Waals surface area contributed by atoms with Crippen molar-refractivity contribution in [1.29, 1.82) is 0 Å². The molecule has 8 nitrogen and oxygen atoms in total. The standard InChI is InChI=1S/C18H22FN5O3/c1-22(6-7-27-2)18(26)16-12-24(21-20-16)15-10-23(11-15)17(25)9-13-4-3-5-14(19)8-13/h3-5,8,12,15H,6-7,9-11H2,1-2H3. The molecule has 0 atom stereocenters. The lowest BCUT2D eigenvalue weighted by molar-refractivity contribution is -0.136. The second-order valence-electron chi connectivity index (χ2n) is 6.56. The number of methoxy groups -OCH3 is 1. The lowest BCUT2D eigenvalue weighted by Crippen LogP contribution is -2.51. The first-order valence-corrected chi connectivity index (χ1v) is 8.66. The van der Waals surface area contributed by atoms with E-state index in [0.29, 0.717) is 31.8 Å². The Morgan fingerprint density at radius 3 is 2.85 bits per heavy atom. The first-order chi connectivity index (χ1) is 13.0. The Bertz CT molecular complexity index is 819. The first kappa shape index (κ1) is 19.0. The second kappa shape index (κ2) is 8.26. The third kappa shape index (κ3) is 4.48. The molecule has 9 heteroatoms. The summed E-state index contributed by atoms with van der Waals surface area (Å²) in [6, 6.07) is 6.02. The molecule has 0 saturated carbocycles. The molecule has 0 N–H and O–H groups in total. The van der Waals surface area contributed by atoms with Crippen LogP contribution in [0.2, 0.25) is 0 Å². The van der Waals surface area contributed by atoms with Gasteiger partial charge in [-0.25, -0.2) is 9.07 Å². The number of likely N-dealkylation sites (tertiary alicyclic amines) is 1. The normalized spacial score (nSPS) is 14.1. The van der Waals surface area contributed by atoms with Crippen molar-refractivity contribution < 1.29 is 18.7 Å². The first-order valence-electron chi connectivity index (χ1n) is 8.66. The van der Waals surface area contributed by atoms with Crippen molar-refractivity contribution in [2.45, 2.75) is 12.5 Å². The van der Waals surface area contributed by atoms with Crippen LogP contribution in [0.1, 0.15) is 22.1 Å². The maximum absolute atomic E-state index is 13.2. The van der Waals surface area contributed by atoms with Crippen LogP contribution in [0, 0.1) is 5.82 Å². The van der Waals surface area contributed by atoms with Crippen LogP contribution < -0.4 is 0 Å². The number of aromatic nitrogens is 3. The van der Waals surface area contributed by atoms with Gasteiger partial charge in [-0.1, -0.05) is 17.3 Å². The fourth-order valence-corrected chi connectivity index (χ4v) is 2.84. The van der Waals surface area contributed by atoms with Gasteiger partial charge in [0.2, 0.25) is 5.91 Å². The average molecular weight is 375 g/mol. The highest BCUT2D eigenvalue weighted by atomic mass is 19.1. The topological polar surface area (TPSA) is 80.6 Å². The number of amides is 2. The van der Waals surface area contributed by atoms with Crippen LogP contribution in [0.25, 0.3) is 0 Å². The summed E-state index contributed by atoms with van der Waals surface area (Å²) in [6.07, 6.45) is 1.76. The van der Waals surface area contributed by atoms with Gasteiger partial charge in [0, 0.05) is 33.8 Å². The molecule has 1 aliphatic rings. The zero-order valence-corrected chi connectivity index (χ0v) is 15.3. The Morgan fingerprint density at radius 2 is 2.15 bits per heavy atom. The molecular weight excluding hydrogens is 353 g/mol. The Hall–Kier alpha value is -2.81. The third-order valence-corrected chi connectivity index (χ3v) is 4.54. The molecule has 3 rings (SSSR count).